The Morgan fingerprint density at radius 1 is 1.47 bits per heavy atom. The van der Waals surface area contributed by atoms with Crippen LogP contribution in [0, 0.1) is 5.92 Å². The number of nitrogens with zero attached hydrogens (tertiary/aromatic N) is 2. The minimum absolute atomic E-state index is 0.265. The number of carbonyl (C=O) groups excluding carboxylic acids is 1. The minimum atomic E-state index is 0.265. The molecule has 0 spiro atoms. The van der Waals surface area contributed by atoms with Gasteiger partial charge in [-0.1, -0.05) is 0 Å². The van der Waals surface area contributed by atoms with Crippen molar-refractivity contribution < 1.29 is 4.79 Å². The third-order valence-electron chi connectivity index (χ3n) is 4.32. The quantitative estimate of drug-likeness (QED) is 0.917. The van der Waals surface area contributed by atoms with E-state index in [0.717, 1.165) is 5.01 Å². The molecule has 2 unspecified atom stereocenters. The van der Waals surface area contributed by atoms with E-state index >= 15 is 0 Å². The number of hydrogen-bond donors (Lipinski definition) is 1. The smallest absolute Gasteiger partial charge is 0.222 e. The zero-order chi connectivity index (χ0) is 13.2. The summed E-state index contributed by atoms with van der Waals surface area (Å²) in [5.41, 5.74) is 0. The van der Waals surface area contributed by atoms with Gasteiger partial charge in [-0.15, -0.1) is 11.3 Å². The summed E-state index contributed by atoms with van der Waals surface area (Å²) in [6.45, 7) is 0.647. The Labute approximate surface area is 118 Å². The molecular formula is C14H21N3OS. The van der Waals surface area contributed by atoms with E-state index in [4.69, 9.17) is 0 Å². The van der Waals surface area contributed by atoms with Crippen LogP contribution in [0.5, 0.6) is 0 Å². The first-order valence-electron chi connectivity index (χ1n) is 7.09. The van der Waals surface area contributed by atoms with E-state index < -0.39 is 0 Å². The van der Waals surface area contributed by atoms with Crippen molar-refractivity contribution in [3.63, 3.8) is 0 Å². The highest BCUT2D eigenvalue weighted by molar-refractivity contribution is 7.09. The summed E-state index contributed by atoms with van der Waals surface area (Å²) in [7, 11) is 1.89. The number of thiazole rings is 1. The summed E-state index contributed by atoms with van der Waals surface area (Å²) in [5, 5.41) is 6.60. The molecule has 0 aromatic carbocycles. The lowest BCUT2D eigenvalue weighted by atomic mass is 9.89. The molecule has 1 amide bonds. The van der Waals surface area contributed by atoms with Crippen LogP contribution in [-0.4, -0.2) is 34.9 Å². The number of aromatic nitrogens is 1. The highest BCUT2D eigenvalue weighted by atomic mass is 32.1. The maximum atomic E-state index is 12.3. The first kappa shape index (κ1) is 13.1. The summed E-state index contributed by atoms with van der Waals surface area (Å²) in [4.78, 5) is 18.3. The van der Waals surface area contributed by atoms with Crippen LogP contribution in [0.1, 0.15) is 37.1 Å². The van der Waals surface area contributed by atoms with Gasteiger partial charge in [-0.3, -0.25) is 4.79 Å². The van der Waals surface area contributed by atoms with Crippen molar-refractivity contribution in [2.24, 2.45) is 5.92 Å². The molecule has 2 aliphatic heterocycles. The lowest BCUT2D eigenvalue weighted by Crippen LogP contribution is -2.39. The molecule has 19 heavy (non-hydrogen) atoms. The predicted molar refractivity (Wildman–Crippen MR) is 75.9 cm³/mol. The number of hydrogen-bond acceptors (Lipinski definition) is 4. The summed E-state index contributed by atoms with van der Waals surface area (Å²) in [5.74, 6) is 0.839. The monoisotopic (exact) mass is 279 g/mol. The Bertz CT molecular complexity index is 422. The van der Waals surface area contributed by atoms with Gasteiger partial charge in [0.1, 0.15) is 5.01 Å². The largest absolute Gasteiger partial charge is 0.339 e. The van der Waals surface area contributed by atoms with Gasteiger partial charge in [-0.2, -0.15) is 0 Å². The Kier molecular flexibility index (Phi) is 3.84. The van der Waals surface area contributed by atoms with Crippen LogP contribution in [0.2, 0.25) is 0 Å². The van der Waals surface area contributed by atoms with Crippen LogP contribution in [0.15, 0.2) is 11.6 Å². The van der Waals surface area contributed by atoms with Crippen LogP contribution >= 0.6 is 11.3 Å². The predicted octanol–water partition coefficient (Wildman–Crippen LogP) is 2.02. The Morgan fingerprint density at radius 3 is 2.84 bits per heavy atom. The zero-order valence-corrected chi connectivity index (χ0v) is 12.2. The van der Waals surface area contributed by atoms with Gasteiger partial charge in [-0.05, 0) is 31.6 Å². The van der Waals surface area contributed by atoms with Gasteiger partial charge >= 0.3 is 0 Å². The highest BCUT2D eigenvalue weighted by Crippen LogP contribution is 2.32. The van der Waals surface area contributed by atoms with Gasteiger partial charge in [-0.25, -0.2) is 4.98 Å². The van der Waals surface area contributed by atoms with E-state index in [9.17, 15) is 4.79 Å². The van der Waals surface area contributed by atoms with Gasteiger partial charge in [0, 0.05) is 37.1 Å². The molecule has 2 aliphatic rings. The van der Waals surface area contributed by atoms with Crippen molar-refractivity contribution >= 4 is 17.2 Å². The number of nitrogens with one attached hydrogen (secondary N) is 1. The number of rotatable bonds is 4. The first-order valence-corrected chi connectivity index (χ1v) is 7.97. The Hall–Kier alpha value is -0.940. The maximum absolute atomic E-state index is 12.3. The molecule has 0 saturated carbocycles. The average molecular weight is 279 g/mol. The Morgan fingerprint density at radius 2 is 2.21 bits per heavy atom. The number of amides is 1. The van der Waals surface area contributed by atoms with Crippen molar-refractivity contribution in [2.75, 3.05) is 7.05 Å². The van der Waals surface area contributed by atoms with Crippen LogP contribution in [0.4, 0.5) is 0 Å². The van der Waals surface area contributed by atoms with Gasteiger partial charge in [0.2, 0.25) is 5.91 Å². The molecule has 1 N–H and O–H groups in total. The van der Waals surface area contributed by atoms with Gasteiger partial charge in [0.05, 0.1) is 6.54 Å². The van der Waals surface area contributed by atoms with Crippen molar-refractivity contribution in [3.8, 4) is 0 Å². The van der Waals surface area contributed by atoms with E-state index in [-0.39, 0.29) is 5.91 Å². The molecule has 2 bridgehead atoms. The van der Waals surface area contributed by atoms with E-state index in [1.807, 2.05) is 17.3 Å². The molecule has 4 nitrogen and oxygen atoms in total. The molecule has 3 heterocycles. The summed E-state index contributed by atoms with van der Waals surface area (Å²) in [6, 6.07) is 1.33. The molecule has 1 aromatic rings. The van der Waals surface area contributed by atoms with Crippen molar-refractivity contribution in [1.29, 1.82) is 0 Å². The lowest BCUT2D eigenvalue weighted by Gasteiger charge is -2.29. The summed E-state index contributed by atoms with van der Waals surface area (Å²) < 4.78 is 0. The fourth-order valence-corrected chi connectivity index (χ4v) is 4.04. The van der Waals surface area contributed by atoms with Crippen LogP contribution in [0.3, 0.4) is 0 Å². The number of carbonyl (C=O) groups is 1. The lowest BCUT2D eigenvalue weighted by molar-refractivity contribution is -0.131. The minimum Gasteiger partial charge on any atom is -0.339 e. The fraction of sp³-hybridized carbons (Fsp3) is 0.714. The third kappa shape index (κ3) is 3.15. The molecule has 0 radical (unpaired) electrons. The summed E-state index contributed by atoms with van der Waals surface area (Å²) in [6.07, 6.45) is 7.44. The summed E-state index contributed by atoms with van der Waals surface area (Å²) >= 11 is 1.61. The standard InChI is InChI=1S/C14H21N3OS/c1-17(9-13-15-4-5-19-13)14(18)8-10-6-11-2-3-12(7-10)16-11/h4-5,10-12,16H,2-3,6-9H2,1H3. The third-order valence-corrected chi connectivity index (χ3v) is 5.08. The van der Waals surface area contributed by atoms with E-state index in [1.165, 1.54) is 25.7 Å². The molecular weight excluding hydrogens is 258 g/mol. The molecule has 5 heteroatoms. The first-order chi connectivity index (χ1) is 9.20. The number of fused-ring (bicyclic) bond motifs is 2. The van der Waals surface area contributed by atoms with Crippen molar-refractivity contribution in [2.45, 2.75) is 50.7 Å². The second-order valence-electron chi connectivity index (χ2n) is 5.86. The molecule has 0 aliphatic carbocycles. The second kappa shape index (κ2) is 5.59. The topological polar surface area (TPSA) is 45.2 Å². The molecule has 2 atom stereocenters. The Balaban J connectivity index is 1.50. The highest BCUT2D eigenvalue weighted by Gasteiger charge is 2.34. The molecule has 3 rings (SSSR count). The second-order valence-corrected chi connectivity index (χ2v) is 6.83. The average Bonchev–Trinajstić information content (AvgIpc) is 2.99. The van der Waals surface area contributed by atoms with E-state index in [1.54, 1.807) is 17.5 Å². The van der Waals surface area contributed by atoms with E-state index in [0.29, 0.717) is 31.0 Å². The molecule has 2 fully saturated rings. The number of piperidine rings is 1. The van der Waals surface area contributed by atoms with Crippen LogP contribution in [-0.2, 0) is 11.3 Å². The van der Waals surface area contributed by atoms with Crippen molar-refractivity contribution in [1.82, 2.24) is 15.2 Å². The van der Waals surface area contributed by atoms with Gasteiger partial charge in [0.25, 0.3) is 0 Å². The maximum Gasteiger partial charge on any atom is 0.222 e. The zero-order valence-electron chi connectivity index (χ0n) is 11.3. The molecule has 2 saturated heterocycles. The van der Waals surface area contributed by atoms with E-state index in [2.05, 4.69) is 10.3 Å². The SMILES string of the molecule is CN(Cc1nccs1)C(=O)CC1CC2CCC(C1)N2. The fourth-order valence-electron chi connectivity index (χ4n) is 3.37. The molecule has 104 valence electrons. The van der Waals surface area contributed by atoms with Crippen LogP contribution in [0.25, 0.3) is 0 Å². The van der Waals surface area contributed by atoms with Gasteiger partial charge < -0.3 is 10.2 Å². The normalized spacial score (nSPS) is 29.4. The van der Waals surface area contributed by atoms with Gasteiger partial charge in [0.15, 0.2) is 0 Å². The molecule has 1 aromatic heterocycles. The van der Waals surface area contributed by atoms with Crippen molar-refractivity contribution in [3.05, 3.63) is 16.6 Å². The van der Waals surface area contributed by atoms with Crippen LogP contribution < -0.4 is 5.32 Å².